The van der Waals surface area contributed by atoms with Gasteiger partial charge in [-0.2, -0.15) is 0 Å². The van der Waals surface area contributed by atoms with Gasteiger partial charge in [0.2, 0.25) is 11.8 Å². The highest BCUT2D eigenvalue weighted by atomic mass is 16.6. The summed E-state index contributed by atoms with van der Waals surface area (Å²) in [5, 5.41) is 15.3. The molecule has 1 aromatic rings. The second-order valence-electron chi connectivity index (χ2n) is 9.45. The average Bonchev–Trinajstić information content (AvgIpc) is 2.70. The smallest absolute Gasteiger partial charge is 0.408 e. The van der Waals surface area contributed by atoms with Crippen molar-refractivity contribution in [2.24, 2.45) is 0 Å². The lowest BCUT2D eigenvalue weighted by Crippen LogP contribution is -2.54. The number of amides is 3. The van der Waals surface area contributed by atoms with Gasteiger partial charge in [-0.1, -0.05) is 31.5 Å². The van der Waals surface area contributed by atoms with Crippen molar-refractivity contribution in [2.45, 2.75) is 92.0 Å². The molecule has 0 fully saturated rings. The summed E-state index contributed by atoms with van der Waals surface area (Å²) in [6.07, 6.45) is 0.915. The average molecular weight is 464 g/mol. The van der Waals surface area contributed by atoms with E-state index < -0.39 is 36.3 Å². The van der Waals surface area contributed by atoms with Crippen LogP contribution in [0.1, 0.15) is 77.1 Å². The summed E-state index contributed by atoms with van der Waals surface area (Å²) in [4.78, 5) is 40.4. The minimum absolute atomic E-state index is 0.0566. The molecule has 186 valence electrons. The van der Waals surface area contributed by atoms with E-state index in [-0.39, 0.29) is 18.5 Å². The third-order valence-corrected chi connectivity index (χ3v) is 5.31. The number of likely N-dealkylation sites (N-methyl/N-ethyl adjacent to an activating group) is 1. The Balaban J connectivity index is 3.30. The zero-order valence-electron chi connectivity index (χ0n) is 21.3. The van der Waals surface area contributed by atoms with Gasteiger partial charge in [-0.05, 0) is 71.6 Å². The number of benzene rings is 1. The Hall–Kier alpha value is -2.61. The van der Waals surface area contributed by atoms with Crippen LogP contribution in [0, 0.1) is 13.8 Å². The predicted octanol–water partition coefficient (Wildman–Crippen LogP) is 3.38. The Bertz CT molecular complexity index is 819. The first-order valence-electron chi connectivity index (χ1n) is 11.6. The number of ether oxygens (including phenoxy) is 1. The summed E-state index contributed by atoms with van der Waals surface area (Å²) in [6.45, 7) is 14.4. The molecule has 1 aromatic carbocycles. The quantitative estimate of drug-likeness (QED) is 0.493. The first-order chi connectivity index (χ1) is 15.3. The summed E-state index contributed by atoms with van der Waals surface area (Å²) in [6, 6.07) is 3.45. The van der Waals surface area contributed by atoms with Gasteiger partial charge in [0, 0.05) is 12.6 Å². The van der Waals surface area contributed by atoms with Crippen molar-refractivity contribution >= 4 is 17.9 Å². The van der Waals surface area contributed by atoms with Gasteiger partial charge in [0.1, 0.15) is 17.7 Å². The number of aliphatic hydroxyl groups is 1. The number of rotatable bonds is 10. The molecule has 3 amide bonds. The number of carbonyl (C=O) groups excluding carboxylic acids is 3. The molecule has 3 unspecified atom stereocenters. The summed E-state index contributed by atoms with van der Waals surface area (Å²) in [5.74, 6) is -0.865. The number of aryl methyl sites for hydroxylation is 2. The first kappa shape index (κ1) is 28.4. The molecule has 8 heteroatoms. The monoisotopic (exact) mass is 463 g/mol. The van der Waals surface area contributed by atoms with Crippen molar-refractivity contribution in [3.8, 4) is 0 Å². The van der Waals surface area contributed by atoms with Crippen LogP contribution in [0.4, 0.5) is 4.79 Å². The van der Waals surface area contributed by atoms with Crippen LogP contribution in [0.15, 0.2) is 18.2 Å². The Kier molecular flexibility index (Phi) is 10.8. The van der Waals surface area contributed by atoms with Crippen molar-refractivity contribution in [1.82, 2.24) is 15.5 Å². The highest BCUT2D eigenvalue weighted by Crippen LogP contribution is 2.25. The number of nitrogens with one attached hydrogen (secondary N) is 2. The van der Waals surface area contributed by atoms with Crippen LogP contribution in [-0.2, 0) is 14.3 Å². The Labute approximate surface area is 198 Å². The molecule has 0 aliphatic carbocycles. The summed E-state index contributed by atoms with van der Waals surface area (Å²) in [7, 11) is 0. The topological polar surface area (TPSA) is 108 Å². The second kappa shape index (κ2) is 12.6. The van der Waals surface area contributed by atoms with Crippen LogP contribution in [-0.4, -0.2) is 58.8 Å². The van der Waals surface area contributed by atoms with E-state index in [4.69, 9.17) is 4.74 Å². The molecule has 33 heavy (non-hydrogen) atoms. The molecule has 3 N–H and O–H groups in total. The molecule has 0 bridgehead atoms. The number of nitrogens with zero attached hydrogens (tertiary/aromatic N) is 1. The van der Waals surface area contributed by atoms with E-state index in [1.165, 1.54) is 4.90 Å². The third kappa shape index (κ3) is 8.68. The number of alkyl carbamates (subject to hydrolysis) is 1. The van der Waals surface area contributed by atoms with E-state index >= 15 is 0 Å². The lowest BCUT2D eigenvalue weighted by atomic mass is 9.98. The zero-order valence-corrected chi connectivity index (χ0v) is 21.3. The molecular weight excluding hydrogens is 422 g/mol. The molecule has 0 radical (unpaired) electrons. The van der Waals surface area contributed by atoms with E-state index in [1.54, 1.807) is 27.7 Å². The van der Waals surface area contributed by atoms with E-state index in [9.17, 15) is 19.5 Å². The van der Waals surface area contributed by atoms with Crippen molar-refractivity contribution in [3.05, 3.63) is 34.9 Å². The van der Waals surface area contributed by atoms with Gasteiger partial charge in [-0.15, -0.1) is 0 Å². The van der Waals surface area contributed by atoms with Gasteiger partial charge >= 0.3 is 6.09 Å². The lowest BCUT2D eigenvalue weighted by Gasteiger charge is -2.34. The molecule has 0 aromatic heterocycles. The van der Waals surface area contributed by atoms with Gasteiger partial charge in [0.25, 0.3) is 0 Å². The van der Waals surface area contributed by atoms with Gasteiger partial charge < -0.3 is 25.4 Å². The highest BCUT2D eigenvalue weighted by Gasteiger charge is 2.35. The van der Waals surface area contributed by atoms with E-state index in [0.29, 0.717) is 5.56 Å². The van der Waals surface area contributed by atoms with Crippen molar-refractivity contribution in [2.75, 3.05) is 13.2 Å². The maximum atomic E-state index is 13.4. The van der Waals surface area contributed by atoms with Crippen molar-refractivity contribution < 1.29 is 24.2 Å². The molecule has 0 aliphatic heterocycles. The largest absolute Gasteiger partial charge is 0.444 e. The fourth-order valence-corrected chi connectivity index (χ4v) is 3.54. The minimum Gasteiger partial charge on any atom is -0.444 e. The molecule has 8 nitrogen and oxygen atoms in total. The van der Waals surface area contributed by atoms with Gasteiger partial charge in [0.05, 0.1) is 6.61 Å². The molecule has 0 aliphatic rings. The van der Waals surface area contributed by atoms with E-state index in [0.717, 1.165) is 24.0 Å². The molecule has 1 rings (SSSR count). The standard InChI is InChI=1S/C25H41N3O5/c1-9-11-18(5)26-22(30)21(19-13-12-16(3)17(4)14-19)28(10-2)23(31)20(15-29)27-24(32)33-25(6,7)8/h12-14,18,20-21,29H,9-11,15H2,1-8H3,(H,26,30)(H,27,32). The zero-order chi connectivity index (χ0) is 25.3. The summed E-state index contributed by atoms with van der Waals surface area (Å²) < 4.78 is 5.22. The Morgan fingerprint density at radius 1 is 1.09 bits per heavy atom. The van der Waals surface area contributed by atoms with Crippen LogP contribution in [0.5, 0.6) is 0 Å². The first-order valence-corrected chi connectivity index (χ1v) is 11.6. The maximum Gasteiger partial charge on any atom is 0.408 e. The highest BCUT2D eigenvalue weighted by molar-refractivity contribution is 5.92. The molecular formula is C25H41N3O5. The predicted molar refractivity (Wildman–Crippen MR) is 129 cm³/mol. The van der Waals surface area contributed by atoms with E-state index in [1.807, 2.05) is 45.9 Å². The SMILES string of the molecule is CCCC(C)NC(=O)C(c1ccc(C)c(C)c1)N(CC)C(=O)C(CO)NC(=O)OC(C)(C)C. The van der Waals surface area contributed by atoms with Crippen LogP contribution >= 0.6 is 0 Å². The van der Waals surface area contributed by atoms with Crippen molar-refractivity contribution in [1.29, 1.82) is 0 Å². The fraction of sp³-hybridized carbons (Fsp3) is 0.640. The van der Waals surface area contributed by atoms with Crippen LogP contribution < -0.4 is 10.6 Å². The number of aliphatic hydroxyl groups excluding tert-OH is 1. The van der Waals surface area contributed by atoms with Gasteiger partial charge in [-0.3, -0.25) is 9.59 Å². The van der Waals surface area contributed by atoms with E-state index in [2.05, 4.69) is 10.6 Å². The number of hydrogen-bond acceptors (Lipinski definition) is 5. The van der Waals surface area contributed by atoms with Gasteiger partial charge in [-0.25, -0.2) is 4.79 Å². The maximum absolute atomic E-state index is 13.4. The second-order valence-corrected chi connectivity index (χ2v) is 9.45. The van der Waals surface area contributed by atoms with Crippen LogP contribution in [0.25, 0.3) is 0 Å². The summed E-state index contributed by atoms with van der Waals surface area (Å²) >= 11 is 0. The Morgan fingerprint density at radius 3 is 2.21 bits per heavy atom. The molecule has 0 saturated heterocycles. The van der Waals surface area contributed by atoms with Gasteiger partial charge in [0.15, 0.2) is 0 Å². The molecule has 3 atom stereocenters. The summed E-state index contributed by atoms with van der Waals surface area (Å²) in [5.41, 5.74) is 1.99. The normalized spacial score (nSPS) is 14.1. The van der Waals surface area contributed by atoms with Crippen LogP contribution in [0.3, 0.4) is 0 Å². The fourth-order valence-electron chi connectivity index (χ4n) is 3.54. The third-order valence-electron chi connectivity index (χ3n) is 5.31. The number of carbonyl (C=O) groups is 3. The Morgan fingerprint density at radius 2 is 1.73 bits per heavy atom. The van der Waals surface area contributed by atoms with Crippen molar-refractivity contribution in [3.63, 3.8) is 0 Å². The molecule has 0 saturated carbocycles. The molecule has 0 spiro atoms. The number of hydrogen-bond donors (Lipinski definition) is 3. The lowest BCUT2D eigenvalue weighted by molar-refractivity contribution is -0.143. The molecule has 0 heterocycles. The van der Waals surface area contributed by atoms with Crippen LogP contribution in [0.2, 0.25) is 0 Å². The minimum atomic E-state index is -1.24.